The minimum Gasteiger partial charge on any atom is -0.324 e. The zero-order valence-electron chi connectivity index (χ0n) is 14.7. The summed E-state index contributed by atoms with van der Waals surface area (Å²) in [6.07, 6.45) is 7.78. The molecule has 1 aliphatic heterocycles. The Hall–Kier alpha value is -2.98. The second kappa shape index (κ2) is 6.07. The lowest BCUT2D eigenvalue weighted by Gasteiger charge is -2.32. The molecule has 5 rings (SSSR count). The summed E-state index contributed by atoms with van der Waals surface area (Å²) < 4.78 is 2.21. The zero-order chi connectivity index (χ0) is 17.5. The van der Waals surface area contributed by atoms with Gasteiger partial charge in [-0.1, -0.05) is 18.2 Å². The number of likely N-dealkylation sites (N-methyl/N-ethyl adjacent to an activating group) is 1. The third kappa shape index (κ3) is 2.59. The maximum absolute atomic E-state index is 4.39. The van der Waals surface area contributed by atoms with Crippen LogP contribution >= 0.6 is 0 Å². The van der Waals surface area contributed by atoms with Crippen LogP contribution in [0.4, 0.5) is 0 Å². The SMILES string of the molecule is CN1Cc2cc(-c3ccncn3)ccc2C(c2cc3ccccn3c2)C1. The maximum Gasteiger partial charge on any atom is 0.116 e. The Balaban J connectivity index is 1.59. The number of rotatable bonds is 2. The Bertz CT molecular complexity index is 1030. The molecule has 0 amide bonds. The lowest BCUT2D eigenvalue weighted by molar-refractivity contribution is 0.295. The average molecular weight is 340 g/mol. The van der Waals surface area contributed by atoms with Gasteiger partial charge >= 0.3 is 0 Å². The molecule has 128 valence electrons. The largest absolute Gasteiger partial charge is 0.324 e. The van der Waals surface area contributed by atoms with Crippen LogP contribution in [-0.4, -0.2) is 32.9 Å². The normalized spacial score (nSPS) is 17.3. The summed E-state index contributed by atoms with van der Waals surface area (Å²) in [6, 6.07) is 17.4. The van der Waals surface area contributed by atoms with Crippen molar-refractivity contribution in [1.82, 2.24) is 19.3 Å². The van der Waals surface area contributed by atoms with Gasteiger partial charge in [0.15, 0.2) is 0 Å². The van der Waals surface area contributed by atoms with Crippen LogP contribution in [0.15, 0.2) is 73.4 Å². The van der Waals surface area contributed by atoms with Crippen molar-refractivity contribution in [3.63, 3.8) is 0 Å². The monoisotopic (exact) mass is 340 g/mol. The van der Waals surface area contributed by atoms with Crippen molar-refractivity contribution in [3.8, 4) is 11.3 Å². The Labute approximate surface area is 152 Å². The second-order valence-corrected chi connectivity index (χ2v) is 7.06. The number of nitrogens with zero attached hydrogens (tertiary/aromatic N) is 4. The van der Waals surface area contributed by atoms with Crippen molar-refractivity contribution < 1.29 is 0 Å². The molecule has 4 nitrogen and oxygen atoms in total. The summed E-state index contributed by atoms with van der Waals surface area (Å²) in [5, 5.41) is 0. The van der Waals surface area contributed by atoms with E-state index < -0.39 is 0 Å². The van der Waals surface area contributed by atoms with E-state index in [-0.39, 0.29) is 0 Å². The van der Waals surface area contributed by atoms with Gasteiger partial charge in [-0.25, -0.2) is 9.97 Å². The highest BCUT2D eigenvalue weighted by molar-refractivity contribution is 5.62. The summed E-state index contributed by atoms with van der Waals surface area (Å²) in [5.41, 5.74) is 7.56. The van der Waals surface area contributed by atoms with Gasteiger partial charge in [-0.3, -0.25) is 0 Å². The average Bonchev–Trinajstić information content (AvgIpc) is 3.11. The first-order valence-corrected chi connectivity index (χ1v) is 8.92. The standard InChI is InChI=1S/C22H20N4/c1-25-12-17-10-16(22-7-8-23-15-24-22)5-6-20(17)21(14-25)18-11-19-4-2-3-9-26(19)13-18/h2-11,13,15,21H,12,14H2,1H3. The molecule has 0 fully saturated rings. The van der Waals surface area contributed by atoms with Crippen molar-refractivity contribution in [2.75, 3.05) is 13.6 Å². The molecule has 1 aliphatic rings. The van der Waals surface area contributed by atoms with Gasteiger partial charge in [0.05, 0.1) is 5.69 Å². The topological polar surface area (TPSA) is 33.4 Å². The molecule has 0 bridgehead atoms. The van der Waals surface area contributed by atoms with E-state index in [0.29, 0.717) is 5.92 Å². The lowest BCUT2D eigenvalue weighted by Crippen LogP contribution is -2.30. The molecule has 0 N–H and O–H groups in total. The smallest absolute Gasteiger partial charge is 0.116 e. The van der Waals surface area contributed by atoms with Gasteiger partial charge in [0.2, 0.25) is 0 Å². The van der Waals surface area contributed by atoms with Crippen LogP contribution in [0.3, 0.4) is 0 Å². The predicted molar refractivity (Wildman–Crippen MR) is 103 cm³/mol. The molecule has 0 saturated heterocycles. The fraction of sp³-hybridized carbons (Fsp3) is 0.182. The fourth-order valence-corrected chi connectivity index (χ4v) is 4.02. The Morgan fingerprint density at radius 2 is 2.04 bits per heavy atom. The van der Waals surface area contributed by atoms with E-state index in [4.69, 9.17) is 0 Å². The molecular weight excluding hydrogens is 320 g/mol. The molecule has 1 atom stereocenters. The van der Waals surface area contributed by atoms with Crippen LogP contribution in [-0.2, 0) is 6.54 Å². The van der Waals surface area contributed by atoms with Crippen LogP contribution in [0.5, 0.6) is 0 Å². The van der Waals surface area contributed by atoms with Crippen molar-refractivity contribution in [2.45, 2.75) is 12.5 Å². The third-order valence-electron chi connectivity index (χ3n) is 5.26. The maximum atomic E-state index is 4.39. The van der Waals surface area contributed by atoms with Gasteiger partial charge in [-0.15, -0.1) is 0 Å². The first-order valence-electron chi connectivity index (χ1n) is 8.92. The highest BCUT2D eigenvalue weighted by Crippen LogP contribution is 2.35. The van der Waals surface area contributed by atoms with Crippen LogP contribution in [0.25, 0.3) is 16.8 Å². The molecule has 4 aromatic rings. The summed E-state index contributed by atoms with van der Waals surface area (Å²) in [7, 11) is 2.20. The Morgan fingerprint density at radius 1 is 1.08 bits per heavy atom. The van der Waals surface area contributed by atoms with E-state index in [1.54, 1.807) is 12.5 Å². The van der Waals surface area contributed by atoms with Crippen LogP contribution in [0.1, 0.15) is 22.6 Å². The Morgan fingerprint density at radius 3 is 2.88 bits per heavy atom. The molecular formula is C22H20N4. The van der Waals surface area contributed by atoms with E-state index in [0.717, 1.165) is 24.3 Å². The molecule has 0 radical (unpaired) electrons. The van der Waals surface area contributed by atoms with E-state index in [2.05, 4.69) is 81.2 Å². The summed E-state index contributed by atoms with van der Waals surface area (Å²) >= 11 is 0. The van der Waals surface area contributed by atoms with Crippen LogP contribution in [0.2, 0.25) is 0 Å². The highest BCUT2D eigenvalue weighted by atomic mass is 15.1. The molecule has 3 aromatic heterocycles. The molecule has 0 saturated carbocycles. The minimum atomic E-state index is 0.392. The van der Waals surface area contributed by atoms with Crippen molar-refractivity contribution >= 4 is 5.52 Å². The quantitative estimate of drug-likeness (QED) is 0.553. The molecule has 0 spiro atoms. The lowest BCUT2D eigenvalue weighted by atomic mass is 9.85. The van der Waals surface area contributed by atoms with Gasteiger partial charge in [0, 0.05) is 48.7 Å². The van der Waals surface area contributed by atoms with E-state index >= 15 is 0 Å². The summed E-state index contributed by atoms with van der Waals surface area (Å²) in [6.45, 7) is 2.01. The van der Waals surface area contributed by atoms with Gasteiger partial charge in [0.25, 0.3) is 0 Å². The van der Waals surface area contributed by atoms with Crippen LogP contribution < -0.4 is 0 Å². The van der Waals surface area contributed by atoms with Gasteiger partial charge in [0.1, 0.15) is 6.33 Å². The number of hydrogen-bond donors (Lipinski definition) is 0. The molecule has 1 aromatic carbocycles. The highest BCUT2D eigenvalue weighted by Gasteiger charge is 2.26. The van der Waals surface area contributed by atoms with E-state index in [1.807, 2.05) is 6.07 Å². The summed E-state index contributed by atoms with van der Waals surface area (Å²) in [5.74, 6) is 0.392. The van der Waals surface area contributed by atoms with Crippen molar-refractivity contribution in [1.29, 1.82) is 0 Å². The number of fused-ring (bicyclic) bond motifs is 2. The number of aromatic nitrogens is 3. The van der Waals surface area contributed by atoms with Crippen molar-refractivity contribution in [3.05, 3.63) is 90.1 Å². The second-order valence-electron chi connectivity index (χ2n) is 7.06. The van der Waals surface area contributed by atoms with E-state index in [1.165, 1.54) is 22.2 Å². The van der Waals surface area contributed by atoms with Crippen molar-refractivity contribution in [2.24, 2.45) is 0 Å². The molecule has 1 unspecified atom stereocenters. The van der Waals surface area contributed by atoms with Crippen LogP contribution in [0, 0.1) is 0 Å². The molecule has 0 aliphatic carbocycles. The van der Waals surface area contributed by atoms with Gasteiger partial charge in [-0.2, -0.15) is 0 Å². The first kappa shape index (κ1) is 15.3. The molecule has 26 heavy (non-hydrogen) atoms. The third-order valence-corrected chi connectivity index (χ3v) is 5.26. The molecule has 4 heteroatoms. The fourth-order valence-electron chi connectivity index (χ4n) is 4.02. The van der Waals surface area contributed by atoms with Gasteiger partial charge < -0.3 is 9.30 Å². The number of pyridine rings is 1. The van der Waals surface area contributed by atoms with Gasteiger partial charge in [-0.05, 0) is 54.1 Å². The molecule has 4 heterocycles. The zero-order valence-corrected chi connectivity index (χ0v) is 14.7. The van der Waals surface area contributed by atoms with E-state index in [9.17, 15) is 0 Å². The minimum absolute atomic E-state index is 0.392. The first-order chi connectivity index (χ1) is 12.8. The number of benzene rings is 1. The predicted octanol–water partition coefficient (Wildman–Crippen LogP) is 3.97. The Kier molecular flexibility index (Phi) is 3.57. The number of hydrogen-bond acceptors (Lipinski definition) is 3. The summed E-state index contributed by atoms with van der Waals surface area (Å²) in [4.78, 5) is 10.8.